The molecule has 0 radical (unpaired) electrons. The zero-order chi connectivity index (χ0) is 13.8. The van der Waals surface area contributed by atoms with Crippen molar-refractivity contribution in [2.75, 3.05) is 26.7 Å². The molecule has 2 aliphatic heterocycles. The van der Waals surface area contributed by atoms with Crippen LogP contribution < -0.4 is 0 Å². The lowest BCUT2D eigenvalue weighted by Gasteiger charge is -2.37. The molecular weight excluding hydrogens is 236 g/mol. The highest BCUT2D eigenvalue weighted by Crippen LogP contribution is 2.26. The van der Waals surface area contributed by atoms with Gasteiger partial charge in [-0.15, -0.1) is 0 Å². The summed E-state index contributed by atoms with van der Waals surface area (Å²) in [6, 6.07) is 0.151. The molecule has 0 N–H and O–H groups in total. The normalized spacial score (nSPS) is 27.6. The van der Waals surface area contributed by atoms with E-state index in [4.69, 9.17) is 0 Å². The predicted molar refractivity (Wildman–Crippen MR) is 79.0 cm³/mol. The summed E-state index contributed by atoms with van der Waals surface area (Å²) in [6.07, 6.45) is 7.18. The van der Waals surface area contributed by atoms with Gasteiger partial charge in [-0.05, 0) is 51.1 Å². The topological polar surface area (TPSA) is 23.6 Å². The van der Waals surface area contributed by atoms with Gasteiger partial charge in [-0.1, -0.05) is 26.7 Å². The molecular formula is C16H30N2O. The van der Waals surface area contributed by atoms with E-state index in [0.29, 0.717) is 5.91 Å². The van der Waals surface area contributed by atoms with E-state index < -0.39 is 0 Å². The van der Waals surface area contributed by atoms with Crippen molar-refractivity contribution in [1.82, 2.24) is 9.80 Å². The number of hydrogen-bond donors (Lipinski definition) is 0. The zero-order valence-corrected chi connectivity index (χ0v) is 12.9. The van der Waals surface area contributed by atoms with Crippen LogP contribution in [0, 0.1) is 11.8 Å². The number of likely N-dealkylation sites (N-methyl/N-ethyl adjacent to an activating group) is 1. The third-order valence-corrected chi connectivity index (χ3v) is 5.10. The molecule has 2 fully saturated rings. The molecule has 19 heavy (non-hydrogen) atoms. The van der Waals surface area contributed by atoms with E-state index >= 15 is 0 Å². The first-order valence-corrected chi connectivity index (χ1v) is 8.08. The third-order valence-electron chi connectivity index (χ3n) is 5.10. The number of likely N-dealkylation sites (tertiary alicyclic amines) is 2. The number of hydrogen-bond acceptors (Lipinski definition) is 2. The number of rotatable bonds is 2. The highest BCUT2D eigenvalue weighted by Gasteiger charge is 2.31. The molecule has 0 spiro atoms. The third kappa shape index (κ3) is 3.71. The lowest BCUT2D eigenvalue weighted by molar-refractivity contribution is -0.138. The van der Waals surface area contributed by atoms with Gasteiger partial charge < -0.3 is 4.90 Å². The summed E-state index contributed by atoms with van der Waals surface area (Å²) < 4.78 is 0. The first-order chi connectivity index (χ1) is 9.09. The van der Waals surface area contributed by atoms with Crippen LogP contribution in [-0.2, 0) is 4.79 Å². The summed E-state index contributed by atoms with van der Waals surface area (Å²) in [5.41, 5.74) is 0. The maximum absolute atomic E-state index is 12.7. The Balaban J connectivity index is 1.89. The van der Waals surface area contributed by atoms with E-state index in [2.05, 4.69) is 30.7 Å². The van der Waals surface area contributed by atoms with E-state index in [1.54, 1.807) is 0 Å². The molecule has 1 atom stereocenters. The lowest BCUT2D eigenvalue weighted by atomic mass is 9.86. The molecule has 0 aromatic carbocycles. The Bertz CT molecular complexity index is 295. The number of nitrogens with zero attached hydrogens (tertiary/aromatic N) is 2. The Morgan fingerprint density at radius 1 is 1.00 bits per heavy atom. The number of carbonyl (C=O) groups excluding carboxylic acids is 1. The second-order valence-electron chi connectivity index (χ2n) is 6.75. The van der Waals surface area contributed by atoms with Gasteiger partial charge in [0.2, 0.25) is 5.91 Å². The zero-order valence-electron chi connectivity index (χ0n) is 12.9. The van der Waals surface area contributed by atoms with Crippen LogP contribution in [0.2, 0.25) is 0 Å². The average molecular weight is 266 g/mol. The Kier molecular flexibility index (Phi) is 5.26. The Morgan fingerprint density at radius 2 is 1.68 bits per heavy atom. The van der Waals surface area contributed by atoms with E-state index in [1.807, 2.05) is 0 Å². The van der Waals surface area contributed by atoms with E-state index in [1.165, 1.54) is 32.1 Å². The molecule has 0 saturated carbocycles. The summed E-state index contributed by atoms with van der Waals surface area (Å²) in [6.45, 7) is 7.65. The lowest BCUT2D eigenvalue weighted by Crippen LogP contribution is -2.49. The minimum atomic E-state index is 0.151. The summed E-state index contributed by atoms with van der Waals surface area (Å²) in [5, 5.41) is 0. The van der Waals surface area contributed by atoms with Crippen molar-refractivity contribution in [3.8, 4) is 0 Å². The minimum absolute atomic E-state index is 0.151. The van der Waals surface area contributed by atoms with Gasteiger partial charge in [0.1, 0.15) is 0 Å². The molecule has 2 rings (SSSR count). The van der Waals surface area contributed by atoms with Crippen molar-refractivity contribution in [3.63, 3.8) is 0 Å². The standard InChI is InChI=1S/C16H30N2O/c1-13(2)14-8-11-18(12-9-14)16(19)15-7-5-4-6-10-17(15)3/h13-15H,4-12H2,1-3H3. The second kappa shape index (κ2) is 6.74. The summed E-state index contributed by atoms with van der Waals surface area (Å²) in [4.78, 5) is 17.1. The van der Waals surface area contributed by atoms with Crippen molar-refractivity contribution >= 4 is 5.91 Å². The second-order valence-corrected chi connectivity index (χ2v) is 6.75. The molecule has 0 aliphatic carbocycles. The molecule has 2 aliphatic rings. The molecule has 1 amide bonds. The quantitative estimate of drug-likeness (QED) is 0.767. The van der Waals surface area contributed by atoms with Crippen molar-refractivity contribution in [2.45, 2.75) is 58.4 Å². The Morgan fingerprint density at radius 3 is 2.32 bits per heavy atom. The summed E-state index contributed by atoms with van der Waals surface area (Å²) in [5.74, 6) is 1.97. The maximum Gasteiger partial charge on any atom is 0.239 e. The van der Waals surface area contributed by atoms with Crippen LogP contribution in [0.15, 0.2) is 0 Å². The van der Waals surface area contributed by atoms with Gasteiger partial charge in [-0.25, -0.2) is 0 Å². The van der Waals surface area contributed by atoms with Crippen LogP contribution in [0.4, 0.5) is 0 Å². The van der Waals surface area contributed by atoms with Crippen LogP contribution in [0.3, 0.4) is 0 Å². The number of carbonyl (C=O) groups is 1. The van der Waals surface area contributed by atoms with Gasteiger partial charge in [0.25, 0.3) is 0 Å². The first-order valence-electron chi connectivity index (χ1n) is 8.08. The number of amides is 1. The van der Waals surface area contributed by atoms with Crippen molar-refractivity contribution in [1.29, 1.82) is 0 Å². The molecule has 110 valence electrons. The SMILES string of the molecule is CC(C)C1CCN(C(=O)C2CCCCCN2C)CC1. The summed E-state index contributed by atoms with van der Waals surface area (Å²) >= 11 is 0. The number of piperidine rings is 1. The van der Waals surface area contributed by atoms with E-state index in [0.717, 1.165) is 37.9 Å². The molecule has 0 bridgehead atoms. The Hall–Kier alpha value is -0.570. The fraction of sp³-hybridized carbons (Fsp3) is 0.938. The summed E-state index contributed by atoms with van der Waals surface area (Å²) in [7, 11) is 2.12. The highest BCUT2D eigenvalue weighted by atomic mass is 16.2. The molecule has 3 heteroatoms. The highest BCUT2D eigenvalue weighted by molar-refractivity contribution is 5.82. The van der Waals surface area contributed by atoms with Gasteiger partial charge in [0.15, 0.2) is 0 Å². The van der Waals surface area contributed by atoms with Crippen LogP contribution in [-0.4, -0.2) is 48.4 Å². The fourth-order valence-electron chi connectivity index (χ4n) is 3.56. The van der Waals surface area contributed by atoms with Crippen LogP contribution in [0.5, 0.6) is 0 Å². The van der Waals surface area contributed by atoms with Crippen molar-refractivity contribution < 1.29 is 4.79 Å². The maximum atomic E-state index is 12.7. The largest absolute Gasteiger partial charge is 0.341 e. The van der Waals surface area contributed by atoms with Crippen molar-refractivity contribution in [2.24, 2.45) is 11.8 Å². The van der Waals surface area contributed by atoms with E-state index in [-0.39, 0.29) is 6.04 Å². The Labute approximate surface area is 118 Å². The minimum Gasteiger partial charge on any atom is -0.341 e. The fourth-order valence-corrected chi connectivity index (χ4v) is 3.56. The molecule has 1 unspecified atom stereocenters. The van der Waals surface area contributed by atoms with Crippen LogP contribution >= 0.6 is 0 Å². The monoisotopic (exact) mass is 266 g/mol. The predicted octanol–water partition coefficient (Wildman–Crippen LogP) is 2.76. The smallest absolute Gasteiger partial charge is 0.239 e. The van der Waals surface area contributed by atoms with Gasteiger partial charge in [-0.2, -0.15) is 0 Å². The average Bonchev–Trinajstić information content (AvgIpc) is 2.63. The first kappa shape index (κ1) is 14.8. The van der Waals surface area contributed by atoms with Gasteiger partial charge in [0.05, 0.1) is 6.04 Å². The van der Waals surface area contributed by atoms with Gasteiger partial charge >= 0.3 is 0 Å². The van der Waals surface area contributed by atoms with Gasteiger partial charge in [0, 0.05) is 13.1 Å². The van der Waals surface area contributed by atoms with Crippen LogP contribution in [0.1, 0.15) is 52.4 Å². The molecule has 2 heterocycles. The molecule has 2 saturated heterocycles. The molecule has 0 aromatic rings. The van der Waals surface area contributed by atoms with Gasteiger partial charge in [-0.3, -0.25) is 9.69 Å². The van der Waals surface area contributed by atoms with E-state index in [9.17, 15) is 4.79 Å². The molecule has 3 nitrogen and oxygen atoms in total. The van der Waals surface area contributed by atoms with Crippen LogP contribution in [0.25, 0.3) is 0 Å². The molecule has 0 aromatic heterocycles. The van der Waals surface area contributed by atoms with Crippen molar-refractivity contribution in [3.05, 3.63) is 0 Å².